The standard InChI is InChI=1S/C4H2INO3/c5-3-2(4(7)8)9-1-6-3/h1H,(H,7,8). The van der Waals surface area contributed by atoms with Crippen molar-refractivity contribution in [2.45, 2.75) is 0 Å². The van der Waals surface area contributed by atoms with E-state index in [1.54, 1.807) is 22.6 Å². The number of oxazole rings is 1. The van der Waals surface area contributed by atoms with Crippen LogP contribution < -0.4 is 0 Å². The van der Waals surface area contributed by atoms with E-state index in [4.69, 9.17) is 5.11 Å². The average Bonchev–Trinajstić information content (AvgIpc) is 2.13. The van der Waals surface area contributed by atoms with Crippen LogP contribution in [0.25, 0.3) is 0 Å². The predicted octanol–water partition coefficient (Wildman–Crippen LogP) is 0.977. The van der Waals surface area contributed by atoms with Gasteiger partial charge >= 0.3 is 5.97 Å². The lowest BCUT2D eigenvalue weighted by Gasteiger charge is -1.81. The van der Waals surface area contributed by atoms with Crippen molar-refractivity contribution < 1.29 is 14.3 Å². The van der Waals surface area contributed by atoms with Crippen LogP contribution in [0.3, 0.4) is 0 Å². The van der Waals surface area contributed by atoms with Crippen molar-refractivity contribution in [3.05, 3.63) is 15.9 Å². The van der Waals surface area contributed by atoms with Crippen LogP contribution in [0.2, 0.25) is 0 Å². The molecule has 0 aromatic carbocycles. The first-order valence-corrected chi connectivity index (χ1v) is 3.12. The molecule has 5 heteroatoms. The van der Waals surface area contributed by atoms with Crippen LogP contribution >= 0.6 is 22.6 Å². The zero-order valence-electron chi connectivity index (χ0n) is 4.17. The van der Waals surface area contributed by atoms with E-state index in [2.05, 4.69) is 9.40 Å². The maximum absolute atomic E-state index is 10.1. The normalized spacial score (nSPS) is 9.44. The van der Waals surface area contributed by atoms with Gasteiger partial charge in [0.05, 0.1) is 0 Å². The first-order chi connectivity index (χ1) is 4.22. The number of carboxylic acids is 1. The Kier molecular flexibility index (Phi) is 1.70. The van der Waals surface area contributed by atoms with E-state index in [1.807, 2.05) is 0 Å². The Morgan fingerprint density at radius 3 is 2.78 bits per heavy atom. The molecule has 1 aromatic rings. The number of halogens is 1. The number of aromatic nitrogens is 1. The Hall–Kier alpha value is -0.590. The molecule has 1 rings (SSSR count). The molecule has 9 heavy (non-hydrogen) atoms. The summed E-state index contributed by atoms with van der Waals surface area (Å²) in [5.41, 5.74) is 0. The molecule has 0 bridgehead atoms. The summed E-state index contributed by atoms with van der Waals surface area (Å²) in [4.78, 5) is 13.7. The third kappa shape index (κ3) is 1.21. The van der Waals surface area contributed by atoms with Crippen molar-refractivity contribution in [3.63, 3.8) is 0 Å². The highest BCUT2D eigenvalue weighted by molar-refractivity contribution is 14.1. The summed E-state index contributed by atoms with van der Waals surface area (Å²) >= 11 is 1.79. The van der Waals surface area contributed by atoms with Crippen molar-refractivity contribution in [2.24, 2.45) is 0 Å². The van der Waals surface area contributed by atoms with Crippen LogP contribution in [0, 0.1) is 3.70 Å². The molecule has 1 N–H and O–H groups in total. The lowest BCUT2D eigenvalue weighted by atomic mass is 10.5. The molecular weight excluding hydrogens is 237 g/mol. The topological polar surface area (TPSA) is 63.3 Å². The lowest BCUT2D eigenvalue weighted by molar-refractivity contribution is 0.0661. The third-order valence-corrected chi connectivity index (χ3v) is 1.49. The highest BCUT2D eigenvalue weighted by Gasteiger charge is 2.11. The van der Waals surface area contributed by atoms with Crippen molar-refractivity contribution in [1.82, 2.24) is 4.98 Å². The molecule has 0 atom stereocenters. The molecule has 0 aliphatic rings. The van der Waals surface area contributed by atoms with Crippen LogP contribution in [-0.4, -0.2) is 16.1 Å². The lowest BCUT2D eigenvalue weighted by Crippen LogP contribution is -1.95. The number of carboxylic acid groups (broad SMARTS) is 1. The molecule has 4 nitrogen and oxygen atoms in total. The molecule has 1 aromatic heterocycles. The summed E-state index contributed by atoms with van der Waals surface area (Å²) in [6.45, 7) is 0. The number of carbonyl (C=O) groups is 1. The first kappa shape index (κ1) is 6.53. The summed E-state index contributed by atoms with van der Waals surface area (Å²) in [5.74, 6) is -1.19. The Balaban J connectivity index is 3.08. The van der Waals surface area contributed by atoms with Gasteiger partial charge in [-0.25, -0.2) is 9.78 Å². The molecule has 0 spiro atoms. The van der Waals surface area contributed by atoms with Crippen LogP contribution in [0.4, 0.5) is 0 Å². The van der Waals surface area contributed by atoms with Gasteiger partial charge in [-0.05, 0) is 22.6 Å². The molecular formula is C4H2INO3. The minimum Gasteiger partial charge on any atom is -0.475 e. The molecule has 0 saturated carbocycles. The summed E-state index contributed by atoms with van der Waals surface area (Å²) in [5, 5.41) is 8.32. The zero-order valence-corrected chi connectivity index (χ0v) is 6.32. The second-order valence-corrected chi connectivity index (χ2v) is 2.30. The quantitative estimate of drug-likeness (QED) is 0.741. The van der Waals surface area contributed by atoms with E-state index in [0.29, 0.717) is 3.70 Å². The Morgan fingerprint density at radius 2 is 2.56 bits per heavy atom. The van der Waals surface area contributed by atoms with Gasteiger partial charge in [-0.15, -0.1) is 0 Å². The largest absolute Gasteiger partial charge is 0.475 e. The maximum atomic E-state index is 10.1. The molecule has 0 fully saturated rings. The van der Waals surface area contributed by atoms with Crippen molar-refractivity contribution in [1.29, 1.82) is 0 Å². The van der Waals surface area contributed by atoms with E-state index in [9.17, 15) is 4.79 Å². The van der Waals surface area contributed by atoms with Gasteiger partial charge in [-0.1, -0.05) is 0 Å². The summed E-state index contributed by atoms with van der Waals surface area (Å²) < 4.78 is 4.88. The molecule has 0 aliphatic carbocycles. The molecule has 0 amide bonds. The fourth-order valence-corrected chi connectivity index (χ4v) is 0.843. The van der Waals surface area contributed by atoms with Crippen LogP contribution in [0.15, 0.2) is 10.8 Å². The average molecular weight is 239 g/mol. The molecule has 48 valence electrons. The van der Waals surface area contributed by atoms with E-state index >= 15 is 0 Å². The predicted molar refractivity (Wildman–Crippen MR) is 36.2 cm³/mol. The number of hydrogen-bond donors (Lipinski definition) is 1. The van der Waals surface area contributed by atoms with Gasteiger partial charge in [0.25, 0.3) is 0 Å². The fourth-order valence-electron chi connectivity index (χ4n) is 0.371. The monoisotopic (exact) mass is 239 g/mol. The second kappa shape index (κ2) is 2.34. The number of aromatic carboxylic acids is 1. The highest BCUT2D eigenvalue weighted by atomic mass is 127. The van der Waals surface area contributed by atoms with Crippen molar-refractivity contribution in [3.8, 4) is 0 Å². The van der Waals surface area contributed by atoms with Gasteiger partial charge in [-0.3, -0.25) is 0 Å². The van der Waals surface area contributed by atoms with Gasteiger partial charge in [0.15, 0.2) is 10.1 Å². The Morgan fingerprint density at radius 1 is 1.89 bits per heavy atom. The van der Waals surface area contributed by atoms with Crippen molar-refractivity contribution >= 4 is 28.6 Å². The van der Waals surface area contributed by atoms with Crippen LogP contribution in [-0.2, 0) is 0 Å². The van der Waals surface area contributed by atoms with E-state index < -0.39 is 5.97 Å². The molecule has 0 saturated heterocycles. The Bertz CT molecular complexity index is 231. The summed E-state index contributed by atoms with van der Waals surface area (Å²) in [6, 6.07) is 0. The Labute approximate surface area is 64.0 Å². The second-order valence-electron chi connectivity index (χ2n) is 1.28. The smallest absolute Gasteiger partial charge is 0.374 e. The SMILES string of the molecule is O=C(O)c1ocnc1I. The number of nitrogens with zero attached hydrogens (tertiary/aromatic N) is 1. The fraction of sp³-hybridized carbons (Fsp3) is 0. The van der Waals surface area contributed by atoms with Crippen molar-refractivity contribution in [2.75, 3.05) is 0 Å². The number of rotatable bonds is 1. The van der Waals surface area contributed by atoms with Gasteiger partial charge in [0, 0.05) is 0 Å². The number of hydrogen-bond acceptors (Lipinski definition) is 3. The van der Waals surface area contributed by atoms with E-state index in [-0.39, 0.29) is 5.76 Å². The van der Waals surface area contributed by atoms with Crippen LogP contribution in [0.5, 0.6) is 0 Å². The summed E-state index contributed by atoms with van der Waals surface area (Å²) in [6.07, 6.45) is 1.10. The summed E-state index contributed by atoms with van der Waals surface area (Å²) in [7, 11) is 0. The molecule has 0 aliphatic heterocycles. The van der Waals surface area contributed by atoms with Gasteiger partial charge in [-0.2, -0.15) is 0 Å². The third-order valence-electron chi connectivity index (χ3n) is 0.718. The molecule has 1 heterocycles. The molecule has 0 unspecified atom stereocenters. The van der Waals surface area contributed by atoms with Gasteiger partial charge < -0.3 is 9.52 Å². The highest BCUT2D eigenvalue weighted by Crippen LogP contribution is 2.08. The van der Waals surface area contributed by atoms with Gasteiger partial charge in [0.2, 0.25) is 5.76 Å². The molecule has 0 radical (unpaired) electrons. The van der Waals surface area contributed by atoms with E-state index in [1.165, 1.54) is 0 Å². The maximum Gasteiger partial charge on any atom is 0.374 e. The first-order valence-electron chi connectivity index (χ1n) is 2.04. The zero-order chi connectivity index (χ0) is 6.85. The minimum absolute atomic E-state index is 0.101. The van der Waals surface area contributed by atoms with Crippen LogP contribution in [0.1, 0.15) is 10.6 Å². The minimum atomic E-state index is -1.09. The van der Waals surface area contributed by atoms with Gasteiger partial charge in [0.1, 0.15) is 0 Å². The van der Waals surface area contributed by atoms with E-state index in [0.717, 1.165) is 6.39 Å².